The van der Waals surface area contributed by atoms with Crippen molar-refractivity contribution in [2.75, 3.05) is 27.8 Å². The third kappa shape index (κ3) is 3.37. The summed E-state index contributed by atoms with van der Waals surface area (Å²) < 4.78 is 10.2. The average Bonchev–Trinajstić information content (AvgIpc) is 2.36. The van der Waals surface area contributed by atoms with Crippen molar-refractivity contribution in [3.63, 3.8) is 0 Å². The summed E-state index contributed by atoms with van der Waals surface area (Å²) in [5.41, 5.74) is 0.446. The van der Waals surface area contributed by atoms with Crippen molar-refractivity contribution < 1.29 is 19.4 Å². The van der Waals surface area contributed by atoms with Crippen molar-refractivity contribution in [1.82, 2.24) is 4.90 Å². The van der Waals surface area contributed by atoms with E-state index < -0.39 is 6.10 Å². The molecule has 18 heavy (non-hydrogen) atoms. The number of likely N-dealkylation sites (N-methyl/N-ethyl adjacent to an activating group) is 1. The van der Waals surface area contributed by atoms with Gasteiger partial charge in [-0.2, -0.15) is 0 Å². The summed E-state index contributed by atoms with van der Waals surface area (Å²) in [6.45, 7) is 1.91. The summed E-state index contributed by atoms with van der Waals surface area (Å²) in [6, 6.07) is 5.01. The van der Waals surface area contributed by atoms with Crippen molar-refractivity contribution in [3.8, 4) is 11.5 Å². The molecule has 100 valence electrons. The summed E-state index contributed by atoms with van der Waals surface area (Å²) in [5, 5.41) is 9.28. The Labute approximate surface area is 107 Å². The first-order valence-corrected chi connectivity index (χ1v) is 5.65. The zero-order valence-electron chi connectivity index (χ0n) is 11.1. The van der Waals surface area contributed by atoms with Crippen LogP contribution in [0.15, 0.2) is 18.2 Å². The van der Waals surface area contributed by atoms with Gasteiger partial charge in [-0.25, -0.2) is 0 Å². The van der Waals surface area contributed by atoms with E-state index in [2.05, 4.69) is 0 Å². The Kier molecular flexibility index (Phi) is 4.97. The number of ether oxygens (including phenoxy) is 2. The number of carbonyl (C=O) groups excluding carboxylic acids is 1. The molecular weight excluding hydrogens is 234 g/mol. The molecule has 1 atom stereocenters. The molecule has 0 aromatic heterocycles. The molecular formula is C13H19NO4. The number of methoxy groups -OCH3 is 2. The molecule has 5 heteroatoms. The van der Waals surface area contributed by atoms with E-state index in [0.29, 0.717) is 17.1 Å². The molecule has 0 heterocycles. The second-order valence-corrected chi connectivity index (χ2v) is 4.10. The third-order valence-corrected chi connectivity index (χ3v) is 2.52. The maximum absolute atomic E-state index is 12.2. The van der Waals surface area contributed by atoms with Crippen LogP contribution in [0.25, 0.3) is 0 Å². The van der Waals surface area contributed by atoms with Gasteiger partial charge in [-0.05, 0) is 19.1 Å². The molecule has 0 bridgehead atoms. The highest BCUT2D eigenvalue weighted by molar-refractivity contribution is 5.97. The molecule has 1 amide bonds. The Morgan fingerprint density at radius 2 is 2.06 bits per heavy atom. The number of hydrogen-bond donors (Lipinski definition) is 1. The molecule has 0 spiro atoms. The Bertz CT molecular complexity index is 417. The molecule has 5 nitrogen and oxygen atoms in total. The number of hydrogen-bond acceptors (Lipinski definition) is 4. The van der Waals surface area contributed by atoms with Gasteiger partial charge in [0.1, 0.15) is 11.5 Å². The van der Waals surface area contributed by atoms with Gasteiger partial charge in [-0.15, -0.1) is 0 Å². The van der Waals surface area contributed by atoms with E-state index in [-0.39, 0.29) is 12.5 Å². The van der Waals surface area contributed by atoms with Gasteiger partial charge in [0.15, 0.2) is 0 Å². The number of carbonyl (C=O) groups is 1. The molecule has 1 aromatic carbocycles. The number of rotatable bonds is 5. The van der Waals surface area contributed by atoms with Crippen LogP contribution in [0.2, 0.25) is 0 Å². The molecule has 1 rings (SSSR count). The van der Waals surface area contributed by atoms with E-state index in [1.54, 1.807) is 39.3 Å². The van der Waals surface area contributed by atoms with Gasteiger partial charge >= 0.3 is 0 Å². The highest BCUT2D eigenvalue weighted by Gasteiger charge is 2.18. The van der Waals surface area contributed by atoms with Crippen LogP contribution in [0.3, 0.4) is 0 Å². The molecule has 1 N–H and O–H groups in total. The van der Waals surface area contributed by atoms with Crippen molar-refractivity contribution >= 4 is 5.91 Å². The van der Waals surface area contributed by atoms with Crippen LogP contribution < -0.4 is 9.47 Å². The number of amides is 1. The molecule has 0 aliphatic rings. The van der Waals surface area contributed by atoms with Crippen molar-refractivity contribution in [1.29, 1.82) is 0 Å². The number of benzene rings is 1. The zero-order valence-corrected chi connectivity index (χ0v) is 11.1. The van der Waals surface area contributed by atoms with Crippen LogP contribution in [-0.4, -0.2) is 49.8 Å². The van der Waals surface area contributed by atoms with E-state index in [1.165, 1.54) is 12.0 Å². The molecule has 0 aliphatic heterocycles. The normalized spacial score (nSPS) is 11.8. The molecule has 0 saturated carbocycles. The predicted molar refractivity (Wildman–Crippen MR) is 68.2 cm³/mol. The lowest BCUT2D eigenvalue weighted by Gasteiger charge is -2.20. The van der Waals surface area contributed by atoms with E-state index in [1.807, 2.05) is 0 Å². The van der Waals surface area contributed by atoms with Crippen molar-refractivity contribution in [3.05, 3.63) is 23.8 Å². The van der Waals surface area contributed by atoms with Crippen molar-refractivity contribution in [2.24, 2.45) is 0 Å². The molecule has 1 aromatic rings. The van der Waals surface area contributed by atoms with Gasteiger partial charge in [-0.1, -0.05) is 0 Å². The molecule has 0 radical (unpaired) electrons. The van der Waals surface area contributed by atoms with Crippen LogP contribution in [0.5, 0.6) is 11.5 Å². The Morgan fingerprint density at radius 3 is 2.56 bits per heavy atom. The fourth-order valence-corrected chi connectivity index (χ4v) is 1.66. The van der Waals surface area contributed by atoms with Gasteiger partial charge in [0, 0.05) is 19.7 Å². The SMILES string of the molecule is COc1ccc(C(=O)N(C)CC(C)O)c(OC)c1. The smallest absolute Gasteiger partial charge is 0.257 e. The fourth-order valence-electron chi connectivity index (χ4n) is 1.66. The van der Waals surface area contributed by atoms with Gasteiger partial charge in [-0.3, -0.25) is 4.79 Å². The lowest BCUT2D eigenvalue weighted by atomic mass is 10.1. The third-order valence-electron chi connectivity index (χ3n) is 2.52. The van der Waals surface area contributed by atoms with Crippen molar-refractivity contribution in [2.45, 2.75) is 13.0 Å². The number of nitrogens with zero attached hydrogens (tertiary/aromatic N) is 1. The molecule has 0 saturated heterocycles. The highest BCUT2D eigenvalue weighted by atomic mass is 16.5. The zero-order chi connectivity index (χ0) is 13.7. The molecule has 0 aliphatic carbocycles. The second kappa shape index (κ2) is 6.26. The summed E-state index contributed by atoms with van der Waals surface area (Å²) in [5.74, 6) is 0.883. The quantitative estimate of drug-likeness (QED) is 0.855. The minimum Gasteiger partial charge on any atom is -0.497 e. The van der Waals surface area contributed by atoms with Crippen LogP contribution in [0, 0.1) is 0 Å². The monoisotopic (exact) mass is 253 g/mol. The first-order chi connectivity index (χ1) is 8.49. The average molecular weight is 253 g/mol. The van der Waals surface area contributed by atoms with Gasteiger partial charge in [0.25, 0.3) is 5.91 Å². The van der Waals surface area contributed by atoms with Crippen LogP contribution in [0.4, 0.5) is 0 Å². The highest BCUT2D eigenvalue weighted by Crippen LogP contribution is 2.25. The summed E-state index contributed by atoms with van der Waals surface area (Å²) in [4.78, 5) is 13.6. The lowest BCUT2D eigenvalue weighted by Crippen LogP contribution is -2.33. The van der Waals surface area contributed by atoms with Gasteiger partial charge in [0.2, 0.25) is 0 Å². The Morgan fingerprint density at radius 1 is 1.39 bits per heavy atom. The van der Waals surface area contributed by atoms with E-state index in [4.69, 9.17) is 9.47 Å². The largest absolute Gasteiger partial charge is 0.497 e. The number of aliphatic hydroxyl groups excluding tert-OH is 1. The minimum absolute atomic E-state index is 0.199. The maximum atomic E-state index is 12.2. The van der Waals surface area contributed by atoms with Gasteiger partial charge < -0.3 is 19.5 Å². The molecule has 0 fully saturated rings. The summed E-state index contributed by atoms with van der Waals surface area (Å²) in [7, 11) is 4.69. The number of aliphatic hydroxyl groups is 1. The van der Waals surface area contributed by atoms with Gasteiger partial charge in [0.05, 0.1) is 25.9 Å². The first-order valence-electron chi connectivity index (χ1n) is 5.65. The maximum Gasteiger partial charge on any atom is 0.257 e. The Balaban J connectivity index is 2.98. The first kappa shape index (κ1) is 14.3. The van der Waals surface area contributed by atoms with Crippen LogP contribution in [-0.2, 0) is 0 Å². The standard InChI is InChI=1S/C13H19NO4/c1-9(15)8-14(2)13(16)11-6-5-10(17-3)7-12(11)18-4/h5-7,9,15H,8H2,1-4H3. The summed E-state index contributed by atoms with van der Waals surface area (Å²) >= 11 is 0. The minimum atomic E-state index is -0.566. The molecule has 1 unspecified atom stereocenters. The predicted octanol–water partition coefficient (Wildman–Crippen LogP) is 1.16. The van der Waals surface area contributed by atoms with Crippen LogP contribution >= 0.6 is 0 Å². The Hall–Kier alpha value is -1.75. The summed E-state index contributed by atoms with van der Waals surface area (Å²) in [6.07, 6.45) is -0.566. The fraction of sp³-hybridized carbons (Fsp3) is 0.462. The topological polar surface area (TPSA) is 59.0 Å². The lowest BCUT2D eigenvalue weighted by molar-refractivity contribution is 0.0700. The van der Waals surface area contributed by atoms with Crippen LogP contribution in [0.1, 0.15) is 17.3 Å². The van der Waals surface area contributed by atoms with E-state index >= 15 is 0 Å². The van der Waals surface area contributed by atoms with E-state index in [9.17, 15) is 9.90 Å². The van der Waals surface area contributed by atoms with E-state index in [0.717, 1.165) is 0 Å². The second-order valence-electron chi connectivity index (χ2n) is 4.10.